The average molecular weight is 274 g/mol. The molecule has 78 valence electrons. The molecule has 0 aromatic carbocycles. The zero-order chi connectivity index (χ0) is 10.4. The van der Waals surface area contributed by atoms with E-state index in [0.717, 1.165) is 9.50 Å². The molecule has 1 rings (SSSR count). The molecular formula is C11H16BrNS. The molecule has 0 aliphatic carbocycles. The molecule has 0 fully saturated rings. The number of hydrogen-bond donors (Lipinski definition) is 0. The molecule has 0 aliphatic heterocycles. The van der Waals surface area contributed by atoms with E-state index >= 15 is 0 Å². The fourth-order valence-corrected chi connectivity index (χ4v) is 2.82. The lowest BCUT2D eigenvalue weighted by Crippen LogP contribution is -1.86. The summed E-state index contributed by atoms with van der Waals surface area (Å²) >= 11 is 5.37. The number of pyridine rings is 1. The third-order valence-electron chi connectivity index (χ3n) is 1.93. The quantitative estimate of drug-likeness (QED) is 0.581. The number of thioether (sulfide) groups is 1. The molecule has 0 amide bonds. The molecule has 0 unspecified atom stereocenters. The van der Waals surface area contributed by atoms with Gasteiger partial charge >= 0.3 is 0 Å². The van der Waals surface area contributed by atoms with Gasteiger partial charge < -0.3 is 0 Å². The Morgan fingerprint density at radius 3 is 2.86 bits per heavy atom. The summed E-state index contributed by atoms with van der Waals surface area (Å²) in [6.07, 6.45) is 5.80. The van der Waals surface area contributed by atoms with Crippen LogP contribution in [-0.2, 0) is 0 Å². The Morgan fingerprint density at radius 2 is 2.21 bits per heavy atom. The highest BCUT2D eigenvalue weighted by molar-refractivity contribution is 9.10. The standard InChI is InChI=1S/C11H16BrNS/c1-3-4-5-6-14-11-10(12)7-9(2)8-13-11/h7-8H,3-6H2,1-2H3. The Hall–Kier alpha value is -0.0200. The number of aryl methyl sites for hydroxylation is 1. The molecule has 1 aromatic heterocycles. The predicted octanol–water partition coefficient (Wildman–Crippen LogP) is 4.43. The van der Waals surface area contributed by atoms with Gasteiger partial charge in [-0.2, -0.15) is 0 Å². The SMILES string of the molecule is CCCCCSc1ncc(C)cc1Br. The molecule has 0 radical (unpaired) electrons. The van der Waals surface area contributed by atoms with E-state index in [-0.39, 0.29) is 0 Å². The summed E-state index contributed by atoms with van der Waals surface area (Å²) in [5.74, 6) is 1.17. The zero-order valence-corrected chi connectivity index (χ0v) is 11.1. The summed E-state index contributed by atoms with van der Waals surface area (Å²) in [4.78, 5) is 4.39. The van der Waals surface area contributed by atoms with Crippen molar-refractivity contribution in [3.05, 3.63) is 22.3 Å². The van der Waals surface area contributed by atoms with Crippen molar-refractivity contribution in [2.75, 3.05) is 5.75 Å². The molecule has 1 aromatic rings. The largest absolute Gasteiger partial charge is 0.248 e. The van der Waals surface area contributed by atoms with Gasteiger partial charge in [0.15, 0.2) is 0 Å². The Labute approximate surface area is 98.8 Å². The zero-order valence-electron chi connectivity index (χ0n) is 8.72. The minimum Gasteiger partial charge on any atom is -0.248 e. The summed E-state index contributed by atoms with van der Waals surface area (Å²) in [5, 5.41) is 1.12. The highest BCUT2D eigenvalue weighted by Gasteiger charge is 2.01. The van der Waals surface area contributed by atoms with Gasteiger partial charge in [-0.25, -0.2) is 4.98 Å². The highest BCUT2D eigenvalue weighted by Crippen LogP contribution is 2.26. The van der Waals surface area contributed by atoms with Gasteiger partial charge in [0.25, 0.3) is 0 Å². The lowest BCUT2D eigenvalue weighted by atomic mass is 10.3. The van der Waals surface area contributed by atoms with Crippen LogP contribution in [0, 0.1) is 6.92 Å². The molecule has 1 nitrogen and oxygen atoms in total. The van der Waals surface area contributed by atoms with Gasteiger partial charge in [-0.1, -0.05) is 19.8 Å². The third-order valence-corrected chi connectivity index (χ3v) is 3.89. The maximum atomic E-state index is 4.39. The Balaban J connectivity index is 2.42. The van der Waals surface area contributed by atoms with Gasteiger partial charge in [-0.15, -0.1) is 11.8 Å². The molecule has 0 saturated carbocycles. The topological polar surface area (TPSA) is 12.9 Å². The van der Waals surface area contributed by atoms with Gasteiger partial charge in [0.1, 0.15) is 5.03 Å². The van der Waals surface area contributed by atoms with Gasteiger partial charge in [0.2, 0.25) is 0 Å². The van der Waals surface area contributed by atoms with Crippen LogP contribution in [0.2, 0.25) is 0 Å². The van der Waals surface area contributed by atoms with E-state index in [1.165, 1.54) is 30.6 Å². The van der Waals surface area contributed by atoms with E-state index in [1.54, 1.807) is 0 Å². The second-order valence-corrected chi connectivity index (χ2v) is 5.29. The summed E-state index contributed by atoms with van der Waals surface area (Å²) in [5.41, 5.74) is 1.20. The van der Waals surface area contributed by atoms with Crippen molar-refractivity contribution in [1.29, 1.82) is 0 Å². The number of aromatic nitrogens is 1. The van der Waals surface area contributed by atoms with Crippen molar-refractivity contribution >= 4 is 27.7 Å². The number of rotatable bonds is 5. The number of hydrogen-bond acceptors (Lipinski definition) is 2. The van der Waals surface area contributed by atoms with E-state index in [4.69, 9.17) is 0 Å². The number of unbranched alkanes of at least 4 members (excludes halogenated alkanes) is 2. The lowest BCUT2D eigenvalue weighted by Gasteiger charge is -2.03. The van der Waals surface area contributed by atoms with Gasteiger partial charge in [-0.3, -0.25) is 0 Å². The Bertz CT molecular complexity index is 289. The molecule has 3 heteroatoms. The second-order valence-electron chi connectivity index (χ2n) is 3.36. The van der Waals surface area contributed by atoms with Crippen LogP contribution in [0.15, 0.2) is 21.8 Å². The second kappa shape index (κ2) is 6.46. The predicted molar refractivity (Wildman–Crippen MR) is 66.9 cm³/mol. The molecule has 0 saturated heterocycles. The number of nitrogens with zero attached hydrogens (tertiary/aromatic N) is 1. The van der Waals surface area contributed by atoms with Crippen LogP contribution in [0.3, 0.4) is 0 Å². The molecule has 0 aliphatic rings. The van der Waals surface area contributed by atoms with Crippen molar-refractivity contribution < 1.29 is 0 Å². The van der Waals surface area contributed by atoms with Crippen molar-refractivity contribution in [2.45, 2.75) is 38.1 Å². The molecular weight excluding hydrogens is 258 g/mol. The van der Waals surface area contributed by atoms with Crippen LogP contribution in [0.4, 0.5) is 0 Å². The van der Waals surface area contributed by atoms with Crippen LogP contribution in [0.1, 0.15) is 31.7 Å². The molecule has 0 N–H and O–H groups in total. The minimum atomic E-state index is 1.12. The molecule has 14 heavy (non-hydrogen) atoms. The third kappa shape index (κ3) is 4.01. The number of halogens is 1. The van der Waals surface area contributed by atoms with Crippen molar-refractivity contribution in [2.24, 2.45) is 0 Å². The average Bonchev–Trinajstić information content (AvgIpc) is 2.15. The van der Waals surface area contributed by atoms with Crippen molar-refractivity contribution in [3.8, 4) is 0 Å². The first-order valence-electron chi connectivity index (χ1n) is 4.99. The first kappa shape index (κ1) is 12.1. The van der Waals surface area contributed by atoms with Crippen LogP contribution in [-0.4, -0.2) is 10.7 Å². The Morgan fingerprint density at radius 1 is 1.43 bits per heavy atom. The van der Waals surface area contributed by atoms with Gasteiger partial charge in [0.05, 0.1) is 4.47 Å². The van der Waals surface area contributed by atoms with Crippen molar-refractivity contribution in [1.82, 2.24) is 4.98 Å². The van der Waals surface area contributed by atoms with E-state index in [2.05, 4.69) is 40.8 Å². The van der Waals surface area contributed by atoms with Crippen molar-refractivity contribution in [3.63, 3.8) is 0 Å². The summed E-state index contributed by atoms with van der Waals surface area (Å²) in [7, 11) is 0. The van der Waals surface area contributed by atoms with E-state index in [1.807, 2.05) is 18.0 Å². The lowest BCUT2D eigenvalue weighted by molar-refractivity contribution is 0.778. The van der Waals surface area contributed by atoms with E-state index < -0.39 is 0 Å². The van der Waals surface area contributed by atoms with Crippen LogP contribution >= 0.6 is 27.7 Å². The minimum absolute atomic E-state index is 1.12. The monoisotopic (exact) mass is 273 g/mol. The summed E-state index contributed by atoms with van der Waals surface area (Å²) in [6.45, 7) is 4.29. The molecule has 0 spiro atoms. The normalized spacial score (nSPS) is 10.5. The van der Waals surface area contributed by atoms with Crippen LogP contribution in [0.5, 0.6) is 0 Å². The van der Waals surface area contributed by atoms with Crippen LogP contribution in [0.25, 0.3) is 0 Å². The Kier molecular flexibility index (Phi) is 5.56. The fraction of sp³-hybridized carbons (Fsp3) is 0.545. The van der Waals surface area contributed by atoms with Gasteiger partial charge in [-0.05, 0) is 46.7 Å². The van der Waals surface area contributed by atoms with Crippen LogP contribution < -0.4 is 0 Å². The van der Waals surface area contributed by atoms with Gasteiger partial charge in [0, 0.05) is 6.20 Å². The maximum Gasteiger partial charge on any atom is 0.110 e. The molecule has 0 atom stereocenters. The summed E-state index contributed by atoms with van der Waals surface area (Å²) in [6, 6.07) is 2.12. The first-order valence-corrected chi connectivity index (χ1v) is 6.77. The first-order chi connectivity index (χ1) is 6.74. The smallest absolute Gasteiger partial charge is 0.110 e. The molecule has 1 heterocycles. The summed E-state index contributed by atoms with van der Waals surface area (Å²) < 4.78 is 1.12. The highest BCUT2D eigenvalue weighted by atomic mass is 79.9. The van der Waals surface area contributed by atoms with E-state index in [9.17, 15) is 0 Å². The fourth-order valence-electron chi connectivity index (χ4n) is 1.15. The molecule has 0 bridgehead atoms. The maximum absolute atomic E-state index is 4.39. The van der Waals surface area contributed by atoms with E-state index in [0.29, 0.717) is 0 Å².